The van der Waals surface area contributed by atoms with E-state index in [2.05, 4.69) is 10.6 Å². The number of piperidine rings is 1. The summed E-state index contributed by atoms with van der Waals surface area (Å²) in [7, 11) is 0.411. The molecule has 0 spiro atoms. The Bertz CT molecular complexity index is 1680. The highest BCUT2D eigenvalue weighted by Gasteiger charge is 2.46. The minimum atomic E-state index is -1.10. The zero-order valence-corrected chi connectivity index (χ0v) is 22.3. The van der Waals surface area contributed by atoms with Gasteiger partial charge in [-0.05, 0) is 35.6 Å². The van der Waals surface area contributed by atoms with E-state index in [9.17, 15) is 28.8 Å². The molecule has 42 heavy (non-hydrogen) atoms. The van der Waals surface area contributed by atoms with E-state index in [0.29, 0.717) is 11.0 Å². The molecule has 13 heteroatoms. The number of para-hydroxylation sites is 1. The van der Waals surface area contributed by atoms with Gasteiger partial charge >= 0.3 is 7.05 Å². The molecular weight excluding hydrogens is 543 g/mol. The van der Waals surface area contributed by atoms with Gasteiger partial charge in [0.05, 0.1) is 29.4 Å². The molecule has 0 aliphatic carbocycles. The second-order valence-electron chi connectivity index (χ2n) is 9.85. The van der Waals surface area contributed by atoms with Gasteiger partial charge in [0.2, 0.25) is 11.8 Å². The summed E-state index contributed by atoms with van der Waals surface area (Å²) in [4.78, 5) is 84.4. The molecule has 1 fully saturated rings. The number of hydrogen-bond donors (Lipinski definition) is 2. The van der Waals surface area contributed by atoms with Crippen molar-refractivity contribution in [1.29, 1.82) is 0 Å². The van der Waals surface area contributed by atoms with Crippen LogP contribution in [0.1, 0.15) is 59.8 Å². The lowest BCUT2D eigenvalue weighted by atomic mass is 9.71. The van der Waals surface area contributed by atoms with Crippen LogP contribution in [0.25, 0.3) is 0 Å². The van der Waals surface area contributed by atoms with Crippen LogP contribution in [0.5, 0.6) is 5.75 Å². The van der Waals surface area contributed by atoms with Gasteiger partial charge in [-0.2, -0.15) is 0 Å². The fourth-order valence-electron chi connectivity index (χ4n) is 5.40. The van der Waals surface area contributed by atoms with E-state index in [1.54, 1.807) is 42.5 Å². The summed E-state index contributed by atoms with van der Waals surface area (Å²) in [5.41, 5.74) is 1.41. The monoisotopic (exact) mass is 566 g/mol. The molecule has 3 aliphatic rings. The molecular formula is C29H23BN4O8. The van der Waals surface area contributed by atoms with Crippen molar-refractivity contribution in [2.45, 2.75) is 25.4 Å². The largest absolute Gasteiger partial charge is 0.547 e. The third-order valence-electron chi connectivity index (χ3n) is 7.41. The Morgan fingerprint density at radius 3 is 2.43 bits per heavy atom. The van der Waals surface area contributed by atoms with Gasteiger partial charge in [-0.1, -0.05) is 48.5 Å². The second kappa shape index (κ2) is 10.6. The topological polar surface area (TPSA) is 151 Å². The van der Waals surface area contributed by atoms with Crippen LogP contribution in [0.2, 0.25) is 0 Å². The van der Waals surface area contributed by atoms with Crippen LogP contribution in [0.4, 0.5) is 0 Å². The third-order valence-corrected chi connectivity index (χ3v) is 7.41. The van der Waals surface area contributed by atoms with Crippen molar-refractivity contribution < 1.29 is 38.3 Å². The molecule has 6 amide bonds. The second-order valence-corrected chi connectivity index (χ2v) is 9.85. The first-order valence-electron chi connectivity index (χ1n) is 13.1. The predicted molar refractivity (Wildman–Crippen MR) is 146 cm³/mol. The zero-order chi connectivity index (χ0) is 29.5. The van der Waals surface area contributed by atoms with Crippen LogP contribution in [-0.4, -0.2) is 65.5 Å². The minimum absolute atomic E-state index is 0.00592. The predicted octanol–water partition coefficient (Wildman–Crippen LogP) is 0.809. The molecule has 2 N–H and O–H groups in total. The minimum Gasteiger partial charge on any atom is -0.535 e. The Balaban J connectivity index is 1.25. The molecule has 3 heterocycles. The summed E-state index contributed by atoms with van der Waals surface area (Å²) in [5, 5.41) is 4.92. The average Bonchev–Trinajstić information content (AvgIpc) is 3.25. The van der Waals surface area contributed by atoms with E-state index >= 15 is 0 Å². The van der Waals surface area contributed by atoms with Crippen molar-refractivity contribution in [3.63, 3.8) is 0 Å². The summed E-state index contributed by atoms with van der Waals surface area (Å²) in [5.74, 6) is -3.47. The number of benzene rings is 3. The van der Waals surface area contributed by atoms with Gasteiger partial charge in [-0.3, -0.25) is 43.8 Å². The highest BCUT2D eigenvalue weighted by Crippen LogP contribution is 2.32. The van der Waals surface area contributed by atoms with E-state index in [4.69, 9.17) is 9.49 Å². The van der Waals surface area contributed by atoms with E-state index in [-0.39, 0.29) is 47.4 Å². The zero-order valence-electron chi connectivity index (χ0n) is 22.3. The SMILES string of the molecule is CON1B(c2ccccc2)Oc2c(C(=O)NCc3cccc4c3C(=O)N(C3CCC(=O)NC3=O)C4=O)cccc2C1=O. The van der Waals surface area contributed by atoms with E-state index in [1.807, 2.05) is 6.07 Å². The third kappa shape index (κ3) is 4.40. The van der Waals surface area contributed by atoms with Crippen LogP contribution in [0, 0.1) is 0 Å². The summed E-state index contributed by atoms with van der Waals surface area (Å²) >= 11 is 0. The molecule has 0 saturated carbocycles. The molecule has 1 unspecified atom stereocenters. The number of carbonyl (C=O) groups excluding carboxylic acids is 6. The first-order valence-corrected chi connectivity index (χ1v) is 13.1. The molecule has 3 aromatic rings. The molecule has 0 aromatic heterocycles. The number of nitrogens with zero attached hydrogens (tertiary/aromatic N) is 2. The van der Waals surface area contributed by atoms with Crippen LogP contribution >= 0.6 is 0 Å². The van der Waals surface area contributed by atoms with Gasteiger partial charge in [0.1, 0.15) is 11.8 Å². The van der Waals surface area contributed by atoms with Crippen molar-refractivity contribution in [1.82, 2.24) is 20.5 Å². The lowest BCUT2D eigenvalue weighted by molar-refractivity contribution is -0.136. The molecule has 1 atom stereocenters. The molecule has 12 nitrogen and oxygen atoms in total. The van der Waals surface area contributed by atoms with Crippen LogP contribution in [0.15, 0.2) is 66.7 Å². The Morgan fingerprint density at radius 2 is 1.69 bits per heavy atom. The first kappa shape index (κ1) is 26.9. The van der Waals surface area contributed by atoms with Crippen LogP contribution in [-0.2, 0) is 21.0 Å². The Kier molecular flexibility index (Phi) is 6.79. The van der Waals surface area contributed by atoms with Crippen molar-refractivity contribution in [3.05, 3.63) is 94.5 Å². The van der Waals surface area contributed by atoms with E-state index in [0.717, 1.165) is 9.87 Å². The molecule has 0 radical (unpaired) electrons. The Morgan fingerprint density at radius 1 is 0.952 bits per heavy atom. The average molecular weight is 566 g/mol. The number of hydrogen-bond acceptors (Lipinski definition) is 8. The quantitative estimate of drug-likeness (QED) is 0.329. The van der Waals surface area contributed by atoms with Gasteiger partial charge < -0.3 is 9.97 Å². The van der Waals surface area contributed by atoms with Gasteiger partial charge in [0.15, 0.2) is 0 Å². The molecule has 210 valence electrons. The normalized spacial score (nSPS) is 18.0. The smallest absolute Gasteiger partial charge is 0.535 e. The number of nitrogens with one attached hydrogen (secondary N) is 2. The van der Waals surface area contributed by atoms with Gasteiger partial charge in [0, 0.05) is 13.0 Å². The van der Waals surface area contributed by atoms with Gasteiger partial charge in [0.25, 0.3) is 23.6 Å². The van der Waals surface area contributed by atoms with Crippen LogP contribution < -0.4 is 20.8 Å². The van der Waals surface area contributed by atoms with E-state index < -0.39 is 48.5 Å². The maximum absolute atomic E-state index is 13.4. The number of amides is 6. The molecule has 3 aliphatic heterocycles. The molecule has 3 aromatic carbocycles. The number of fused-ring (bicyclic) bond motifs is 2. The lowest BCUT2D eigenvalue weighted by Gasteiger charge is -2.33. The van der Waals surface area contributed by atoms with Crippen molar-refractivity contribution >= 4 is 48.0 Å². The first-order chi connectivity index (χ1) is 20.3. The number of hydroxylamine groups is 1. The highest BCUT2D eigenvalue weighted by molar-refractivity contribution is 6.68. The standard InChI is InChI=1S/C29H23BN4O8/c1-41-34-28(39)20-12-6-11-19(24(20)42-30(34)17-8-3-2-4-9-17)25(36)31-15-16-7-5-10-18-23(16)29(40)33(27(18)38)21-13-14-22(35)32-26(21)37/h2-12,21H,13-15H2,1H3,(H,31,36)(H,32,35,37). The van der Waals surface area contributed by atoms with Gasteiger partial charge in [-0.15, -0.1) is 0 Å². The van der Waals surface area contributed by atoms with Crippen molar-refractivity contribution in [2.24, 2.45) is 0 Å². The molecule has 1 saturated heterocycles. The highest BCUT2D eigenvalue weighted by atomic mass is 16.7. The number of carbonyl (C=O) groups is 6. The fourth-order valence-corrected chi connectivity index (χ4v) is 5.40. The summed E-state index contributed by atoms with van der Waals surface area (Å²) in [6.45, 7) is -0.131. The van der Waals surface area contributed by atoms with Gasteiger partial charge in [-0.25, -0.2) is 4.97 Å². The Hall–Kier alpha value is -5.30. The van der Waals surface area contributed by atoms with Crippen LogP contribution in [0.3, 0.4) is 0 Å². The maximum atomic E-state index is 13.4. The number of imide groups is 2. The fraction of sp³-hybridized carbons (Fsp3) is 0.172. The van der Waals surface area contributed by atoms with Crippen molar-refractivity contribution in [2.75, 3.05) is 7.11 Å². The van der Waals surface area contributed by atoms with E-state index in [1.165, 1.54) is 25.3 Å². The van der Waals surface area contributed by atoms with Crippen molar-refractivity contribution in [3.8, 4) is 5.75 Å². The summed E-state index contributed by atoms with van der Waals surface area (Å²) in [6.07, 6.45) is 0.0382. The summed E-state index contributed by atoms with van der Waals surface area (Å²) < 4.78 is 6.15. The molecule has 0 bridgehead atoms. The molecule has 6 rings (SSSR count). The maximum Gasteiger partial charge on any atom is 0.547 e. The number of rotatable bonds is 6. The summed E-state index contributed by atoms with van der Waals surface area (Å²) in [6, 6.07) is 17.1. The Labute approximate surface area is 239 Å². The lowest BCUT2D eigenvalue weighted by Crippen LogP contribution is -2.57.